The summed E-state index contributed by atoms with van der Waals surface area (Å²) in [7, 11) is 0. The molecule has 0 bridgehead atoms. The number of aliphatic hydroxyl groups is 1. The zero-order chi connectivity index (χ0) is 21.9. The summed E-state index contributed by atoms with van der Waals surface area (Å²) in [6.45, 7) is 7.20. The first-order valence-electron chi connectivity index (χ1n) is 12.1. The van der Waals surface area contributed by atoms with Gasteiger partial charge in [0.15, 0.2) is 0 Å². The molecule has 0 aliphatic heterocycles. The molecular weight excluding hydrogens is 379 g/mol. The molecule has 1 aromatic rings. The molecule has 1 radical (unpaired) electrons. The molecule has 1 rings (SSSR count). The number of hydrogen-bond acceptors (Lipinski definition) is 3. The maximum atomic E-state index is 13.4. The topological polar surface area (TPSA) is 38.7 Å². The van der Waals surface area contributed by atoms with Crippen molar-refractivity contribution in [2.24, 2.45) is 0 Å². The summed E-state index contributed by atoms with van der Waals surface area (Å²) in [4.78, 5) is 0. The van der Waals surface area contributed by atoms with E-state index in [-0.39, 0.29) is 25.1 Å². The van der Waals surface area contributed by atoms with Gasteiger partial charge in [-0.25, -0.2) is 4.39 Å². The van der Waals surface area contributed by atoms with Crippen LogP contribution in [0.3, 0.4) is 0 Å². The molecule has 0 aliphatic carbocycles. The number of halogens is 1. The second kappa shape index (κ2) is 18.8. The lowest BCUT2D eigenvalue weighted by molar-refractivity contribution is -0.0503. The Hall–Kier alpha value is -0.970. The summed E-state index contributed by atoms with van der Waals surface area (Å²) in [6.07, 6.45) is 16.9. The van der Waals surface area contributed by atoms with Crippen molar-refractivity contribution in [3.8, 4) is 0 Å². The molecule has 0 heterocycles. The van der Waals surface area contributed by atoms with E-state index in [0.717, 1.165) is 12.0 Å². The molecule has 30 heavy (non-hydrogen) atoms. The van der Waals surface area contributed by atoms with Gasteiger partial charge in [0.1, 0.15) is 11.9 Å². The van der Waals surface area contributed by atoms with Crippen LogP contribution in [0.1, 0.15) is 102 Å². The predicted octanol–water partition coefficient (Wildman–Crippen LogP) is 6.99. The van der Waals surface area contributed by atoms with Gasteiger partial charge in [-0.1, -0.05) is 90.0 Å². The van der Waals surface area contributed by atoms with Crippen LogP contribution in [-0.4, -0.2) is 31.0 Å². The van der Waals surface area contributed by atoms with Crippen molar-refractivity contribution in [3.05, 3.63) is 42.1 Å². The fraction of sp³-hybridized carbons (Fsp3) is 0.731. The van der Waals surface area contributed by atoms with Gasteiger partial charge in [-0.2, -0.15) is 0 Å². The van der Waals surface area contributed by atoms with Gasteiger partial charge in [-0.15, -0.1) is 0 Å². The van der Waals surface area contributed by atoms with Crippen molar-refractivity contribution in [2.45, 2.75) is 103 Å². The molecule has 1 N–H and O–H groups in total. The molecule has 3 nitrogen and oxygen atoms in total. The lowest BCUT2D eigenvalue weighted by Crippen LogP contribution is -2.24. The standard InChI is InChI=1S/C26H44FO3/c1-3-4-5-6-7-8-9-10-11-12-13-14-15-16-29-22-26(20-28)30-21-24-17-23(2)18-25(27)19-24/h17-19,26,28H,2-16,20-22H2,1H3/t26-/m0/s1. The minimum absolute atomic E-state index is 0.106. The minimum atomic E-state index is -0.386. The lowest BCUT2D eigenvalue weighted by Gasteiger charge is -2.16. The van der Waals surface area contributed by atoms with E-state index in [4.69, 9.17) is 9.47 Å². The molecule has 0 unspecified atom stereocenters. The third-order valence-corrected chi connectivity index (χ3v) is 5.40. The first-order chi connectivity index (χ1) is 14.7. The highest BCUT2D eigenvalue weighted by molar-refractivity contribution is 5.26. The molecule has 0 saturated carbocycles. The van der Waals surface area contributed by atoms with E-state index in [1.54, 1.807) is 6.07 Å². The van der Waals surface area contributed by atoms with Gasteiger partial charge in [0.2, 0.25) is 0 Å². The molecule has 1 atom stereocenters. The van der Waals surface area contributed by atoms with E-state index in [9.17, 15) is 9.50 Å². The highest BCUT2D eigenvalue weighted by atomic mass is 19.1. The van der Waals surface area contributed by atoms with Crippen LogP contribution in [0.15, 0.2) is 18.2 Å². The van der Waals surface area contributed by atoms with E-state index in [2.05, 4.69) is 13.8 Å². The van der Waals surface area contributed by atoms with Crippen molar-refractivity contribution in [2.75, 3.05) is 19.8 Å². The Bertz CT molecular complexity index is 501. The fourth-order valence-electron chi connectivity index (χ4n) is 3.60. The molecule has 0 amide bonds. The normalized spacial score (nSPS) is 12.4. The van der Waals surface area contributed by atoms with Crippen LogP contribution >= 0.6 is 0 Å². The second-order valence-corrected chi connectivity index (χ2v) is 8.40. The van der Waals surface area contributed by atoms with Crippen LogP contribution in [0.2, 0.25) is 0 Å². The lowest BCUT2D eigenvalue weighted by atomic mass is 10.0. The van der Waals surface area contributed by atoms with Gasteiger partial charge < -0.3 is 14.6 Å². The molecule has 0 aromatic heterocycles. The average molecular weight is 424 g/mol. The molecule has 4 heteroatoms. The third kappa shape index (κ3) is 14.9. The van der Waals surface area contributed by atoms with Crippen molar-refractivity contribution < 1.29 is 19.0 Å². The summed E-state index contributed by atoms with van der Waals surface area (Å²) in [6, 6.07) is 4.59. The van der Waals surface area contributed by atoms with Gasteiger partial charge in [0.05, 0.1) is 19.8 Å². The van der Waals surface area contributed by atoms with Crippen LogP contribution in [-0.2, 0) is 16.1 Å². The van der Waals surface area contributed by atoms with E-state index >= 15 is 0 Å². The van der Waals surface area contributed by atoms with Gasteiger partial charge in [-0.05, 0) is 36.6 Å². The Morgan fingerprint density at radius 2 is 1.43 bits per heavy atom. The smallest absolute Gasteiger partial charge is 0.123 e. The van der Waals surface area contributed by atoms with Crippen LogP contribution in [0.4, 0.5) is 4.39 Å². The second-order valence-electron chi connectivity index (χ2n) is 8.40. The van der Waals surface area contributed by atoms with Crippen molar-refractivity contribution in [3.63, 3.8) is 0 Å². The maximum absolute atomic E-state index is 13.4. The Labute approximate surface area is 184 Å². The third-order valence-electron chi connectivity index (χ3n) is 5.40. The molecule has 1 aromatic carbocycles. The zero-order valence-electron chi connectivity index (χ0n) is 19.2. The van der Waals surface area contributed by atoms with Crippen molar-refractivity contribution >= 4 is 0 Å². The quantitative estimate of drug-likeness (QED) is 0.230. The van der Waals surface area contributed by atoms with E-state index in [1.165, 1.54) is 89.2 Å². The van der Waals surface area contributed by atoms with Gasteiger partial charge in [0.25, 0.3) is 0 Å². The number of aliphatic hydroxyl groups excluding tert-OH is 1. The number of benzene rings is 1. The molecule has 0 fully saturated rings. The Balaban J connectivity index is 1.91. The van der Waals surface area contributed by atoms with Crippen LogP contribution < -0.4 is 0 Å². The van der Waals surface area contributed by atoms with E-state index in [1.807, 2.05) is 0 Å². The van der Waals surface area contributed by atoms with Crippen molar-refractivity contribution in [1.29, 1.82) is 0 Å². The number of rotatable bonds is 20. The monoisotopic (exact) mass is 423 g/mol. The van der Waals surface area contributed by atoms with Crippen LogP contribution in [0.25, 0.3) is 0 Å². The highest BCUT2D eigenvalue weighted by Gasteiger charge is 2.09. The summed E-state index contributed by atoms with van der Waals surface area (Å²) < 4.78 is 24.7. The first kappa shape index (κ1) is 27.1. The van der Waals surface area contributed by atoms with Crippen LogP contribution in [0.5, 0.6) is 0 Å². The van der Waals surface area contributed by atoms with E-state index in [0.29, 0.717) is 18.8 Å². The largest absolute Gasteiger partial charge is 0.394 e. The number of hydrogen-bond donors (Lipinski definition) is 1. The van der Waals surface area contributed by atoms with Gasteiger partial charge in [-0.3, -0.25) is 0 Å². The summed E-state index contributed by atoms with van der Waals surface area (Å²) in [5, 5.41) is 9.44. The number of ether oxygens (including phenoxy) is 2. The first-order valence-corrected chi connectivity index (χ1v) is 12.1. The van der Waals surface area contributed by atoms with Crippen molar-refractivity contribution in [1.82, 2.24) is 0 Å². The van der Waals surface area contributed by atoms with Gasteiger partial charge in [0, 0.05) is 6.61 Å². The molecular formula is C26H44FO3. The minimum Gasteiger partial charge on any atom is -0.394 e. The summed E-state index contributed by atoms with van der Waals surface area (Å²) in [5.41, 5.74) is 1.34. The summed E-state index contributed by atoms with van der Waals surface area (Å²) in [5.74, 6) is -0.319. The molecule has 0 aliphatic rings. The summed E-state index contributed by atoms with van der Waals surface area (Å²) >= 11 is 0. The predicted molar refractivity (Wildman–Crippen MR) is 123 cm³/mol. The fourth-order valence-corrected chi connectivity index (χ4v) is 3.60. The molecule has 0 saturated heterocycles. The molecule has 173 valence electrons. The molecule has 0 spiro atoms. The Morgan fingerprint density at radius 3 is 1.97 bits per heavy atom. The SMILES string of the molecule is [CH2]c1cc(F)cc(CO[C@@H](CO)COCCCCCCCCCCCCCCC)c1. The van der Waals surface area contributed by atoms with E-state index < -0.39 is 0 Å². The highest BCUT2D eigenvalue weighted by Crippen LogP contribution is 2.13. The van der Waals surface area contributed by atoms with Gasteiger partial charge >= 0.3 is 0 Å². The maximum Gasteiger partial charge on any atom is 0.123 e. The van der Waals surface area contributed by atoms with Crippen LogP contribution in [0, 0.1) is 12.7 Å². The number of unbranched alkanes of at least 4 members (excludes halogenated alkanes) is 12. The Morgan fingerprint density at radius 1 is 0.867 bits per heavy atom. The average Bonchev–Trinajstić information content (AvgIpc) is 2.72. The zero-order valence-corrected chi connectivity index (χ0v) is 19.2. The Kier molecular flexibility index (Phi) is 16.9.